The van der Waals surface area contributed by atoms with Crippen molar-refractivity contribution in [3.8, 4) is 0 Å². The van der Waals surface area contributed by atoms with E-state index in [1.165, 1.54) is 20.0 Å². The van der Waals surface area contributed by atoms with Gasteiger partial charge in [-0.15, -0.1) is 0 Å². The SMILES string of the molecule is CNC(=O)c1cccc(NC(=O)C(C)C(C)C(=O)O)c1. The zero-order valence-electron chi connectivity index (χ0n) is 11.6. The third kappa shape index (κ3) is 3.81. The Balaban J connectivity index is 2.81. The smallest absolute Gasteiger partial charge is 0.307 e. The van der Waals surface area contributed by atoms with Crippen molar-refractivity contribution < 1.29 is 19.5 Å². The highest BCUT2D eigenvalue weighted by Crippen LogP contribution is 2.16. The van der Waals surface area contributed by atoms with E-state index in [4.69, 9.17) is 5.11 Å². The van der Waals surface area contributed by atoms with Crippen LogP contribution < -0.4 is 10.6 Å². The number of rotatable bonds is 5. The maximum atomic E-state index is 11.9. The Morgan fingerprint density at radius 1 is 1.15 bits per heavy atom. The molecule has 20 heavy (non-hydrogen) atoms. The van der Waals surface area contributed by atoms with E-state index < -0.39 is 23.7 Å². The van der Waals surface area contributed by atoms with Crippen LogP contribution >= 0.6 is 0 Å². The first-order valence-corrected chi connectivity index (χ1v) is 6.22. The summed E-state index contributed by atoms with van der Waals surface area (Å²) in [7, 11) is 1.52. The molecule has 0 aliphatic carbocycles. The van der Waals surface area contributed by atoms with Crippen LogP contribution in [-0.4, -0.2) is 29.9 Å². The minimum atomic E-state index is -1.02. The van der Waals surface area contributed by atoms with Gasteiger partial charge in [-0.25, -0.2) is 0 Å². The minimum Gasteiger partial charge on any atom is -0.481 e. The molecule has 1 rings (SSSR count). The number of carboxylic acids is 1. The highest BCUT2D eigenvalue weighted by atomic mass is 16.4. The molecule has 2 unspecified atom stereocenters. The maximum Gasteiger partial charge on any atom is 0.307 e. The quantitative estimate of drug-likeness (QED) is 0.757. The molecule has 6 heteroatoms. The summed E-state index contributed by atoms with van der Waals surface area (Å²) in [6, 6.07) is 6.45. The fraction of sp³-hybridized carbons (Fsp3) is 0.357. The fourth-order valence-corrected chi connectivity index (χ4v) is 1.58. The second-order valence-electron chi connectivity index (χ2n) is 4.56. The molecular formula is C14H18N2O4. The van der Waals surface area contributed by atoms with Gasteiger partial charge < -0.3 is 15.7 Å². The zero-order valence-corrected chi connectivity index (χ0v) is 11.6. The molecule has 0 radical (unpaired) electrons. The second kappa shape index (κ2) is 6.70. The summed E-state index contributed by atoms with van der Waals surface area (Å²) in [5.41, 5.74) is 0.879. The minimum absolute atomic E-state index is 0.256. The van der Waals surface area contributed by atoms with Crippen molar-refractivity contribution in [2.75, 3.05) is 12.4 Å². The molecule has 0 spiro atoms. The molecule has 0 aliphatic rings. The molecule has 6 nitrogen and oxygen atoms in total. The van der Waals surface area contributed by atoms with Gasteiger partial charge in [-0.1, -0.05) is 19.9 Å². The van der Waals surface area contributed by atoms with Crippen LogP contribution in [0.15, 0.2) is 24.3 Å². The lowest BCUT2D eigenvalue weighted by atomic mass is 9.95. The summed E-state index contributed by atoms with van der Waals surface area (Å²) >= 11 is 0. The fourth-order valence-electron chi connectivity index (χ4n) is 1.58. The molecule has 0 aliphatic heterocycles. The molecular weight excluding hydrogens is 260 g/mol. The number of hydrogen-bond acceptors (Lipinski definition) is 3. The Morgan fingerprint density at radius 3 is 2.35 bits per heavy atom. The normalized spacial score (nSPS) is 13.2. The van der Waals surface area contributed by atoms with Gasteiger partial charge in [-0.05, 0) is 18.2 Å². The Bertz CT molecular complexity index is 528. The van der Waals surface area contributed by atoms with Crippen LogP contribution in [0.3, 0.4) is 0 Å². The summed E-state index contributed by atoms with van der Waals surface area (Å²) in [4.78, 5) is 34.3. The van der Waals surface area contributed by atoms with Crippen LogP contribution in [0, 0.1) is 11.8 Å². The molecule has 2 atom stereocenters. The summed E-state index contributed by atoms with van der Waals surface area (Å²) in [5, 5.41) is 14.0. The van der Waals surface area contributed by atoms with Crippen LogP contribution in [0.25, 0.3) is 0 Å². The molecule has 1 aromatic rings. The lowest BCUT2D eigenvalue weighted by Gasteiger charge is -2.16. The first-order valence-electron chi connectivity index (χ1n) is 6.22. The van der Waals surface area contributed by atoms with Crippen LogP contribution in [-0.2, 0) is 9.59 Å². The zero-order chi connectivity index (χ0) is 15.3. The monoisotopic (exact) mass is 278 g/mol. The van der Waals surface area contributed by atoms with Gasteiger partial charge in [0.05, 0.1) is 5.92 Å². The van der Waals surface area contributed by atoms with Crippen molar-refractivity contribution >= 4 is 23.5 Å². The van der Waals surface area contributed by atoms with Crippen LogP contribution in [0.5, 0.6) is 0 Å². The molecule has 0 aromatic heterocycles. The van der Waals surface area contributed by atoms with E-state index in [9.17, 15) is 14.4 Å². The molecule has 1 aromatic carbocycles. The number of anilines is 1. The van der Waals surface area contributed by atoms with E-state index in [1.807, 2.05) is 0 Å². The Labute approximate surface area is 117 Å². The number of hydrogen-bond donors (Lipinski definition) is 3. The molecule has 0 saturated heterocycles. The number of carbonyl (C=O) groups excluding carboxylic acids is 2. The van der Waals surface area contributed by atoms with Crippen molar-refractivity contribution in [1.29, 1.82) is 0 Å². The molecule has 2 amide bonds. The molecule has 3 N–H and O–H groups in total. The molecule has 0 fully saturated rings. The first-order chi connectivity index (χ1) is 9.36. The third-order valence-corrected chi connectivity index (χ3v) is 3.17. The van der Waals surface area contributed by atoms with Gasteiger partial charge in [0.25, 0.3) is 5.91 Å². The largest absolute Gasteiger partial charge is 0.481 e. The standard InChI is InChI=1S/C14H18N2O4/c1-8(9(2)14(19)20)12(17)16-11-6-4-5-10(7-11)13(18)15-3/h4-9H,1-3H3,(H,15,18)(H,16,17)(H,19,20). The number of nitrogens with one attached hydrogen (secondary N) is 2. The number of carboxylic acid groups (broad SMARTS) is 1. The molecule has 0 bridgehead atoms. The first kappa shape index (κ1) is 15.7. The van der Waals surface area contributed by atoms with Gasteiger partial charge in [0.2, 0.25) is 5.91 Å². The van der Waals surface area contributed by atoms with E-state index in [2.05, 4.69) is 10.6 Å². The van der Waals surface area contributed by atoms with E-state index in [1.54, 1.807) is 25.1 Å². The molecule has 108 valence electrons. The molecule has 0 saturated carbocycles. The highest BCUT2D eigenvalue weighted by Gasteiger charge is 2.25. The number of benzene rings is 1. The van der Waals surface area contributed by atoms with Crippen LogP contribution in [0.4, 0.5) is 5.69 Å². The lowest BCUT2D eigenvalue weighted by molar-refractivity contribution is -0.145. The summed E-state index contributed by atoms with van der Waals surface area (Å²) in [6.45, 7) is 3.03. The van der Waals surface area contributed by atoms with Gasteiger partial charge in [0, 0.05) is 24.2 Å². The van der Waals surface area contributed by atoms with E-state index in [0.29, 0.717) is 11.3 Å². The van der Waals surface area contributed by atoms with Crippen molar-refractivity contribution in [3.63, 3.8) is 0 Å². The highest BCUT2D eigenvalue weighted by molar-refractivity contribution is 5.98. The summed E-state index contributed by atoms with van der Waals surface area (Å²) < 4.78 is 0. The summed E-state index contributed by atoms with van der Waals surface area (Å²) in [6.07, 6.45) is 0. The number of carbonyl (C=O) groups is 3. The second-order valence-corrected chi connectivity index (χ2v) is 4.56. The average molecular weight is 278 g/mol. The number of amides is 2. The van der Waals surface area contributed by atoms with Crippen molar-refractivity contribution in [1.82, 2.24) is 5.32 Å². The van der Waals surface area contributed by atoms with Crippen molar-refractivity contribution in [2.45, 2.75) is 13.8 Å². The average Bonchev–Trinajstić information content (AvgIpc) is 2.44. The van der Waals surface area contributed by atoms with Gasteiger partial charge >= 0.3 is 5.97 Å². The van der Waals surface area contributed by atoms with E-state index in [0.717, 1.165) is 0 Å². The van der Waals surface area contributed by atoms with Gasteiger partial charge in [0.1, 0.15) is 0 Å². The van der Waals surface area contributed by atoms with Crippen molar-refractivity contribution in [2.24, 2.45) is 11.8 Å². The van der Waals surface area contributed by atoms with E-state index in [-0.39, 0.29) is 5.91 Å². The Kier molecular flexibility index (Phi) is 5.25. The predicted molar refractivity (Wildman–Crippen MR) is 74.4 cm³/mol. The van der Waals surface area contributed by atoms with Gasteiger partial charge in [-0.3, -0.25) is 14.4 Å². The lowest BCUT2D eigenvalue weighted by Crippen LogP contribution is -2.30. The van der Waals surface area contributed by atoms with Gasteiger partial charge in [-0.2, -0.15) is 0 Å². The maximum absolute atomic E-state index is 11.9. The Hall–Kier alpha value is -2.37. The Morgan fingerprint density at radius 2 is 1.80 bits per heavy atom. The summed E-state index contributed by atoms with van der Waals surface area (Å²) in [5.74, 6) is -3.12. The van der Waals surface area contributed by atoms with Gasteiger partial charge in [0.15, 0.2) is 0 Å². The van der Waals surface area contributed by atoms with Crippen LogP contribution in [0.2, 0.25) is 0 Å². The van der Waals surface area contributed by atoms with E-state index >= 15 is 0 Å². The topological polar surface area (TPSA) is 95.5 Å². The number of aliphatic carboxylic acids is 1. The molecule has 0 heterocycles. The predicted octanol–water partition coefficient (Wildman–Crippen LogP) is 1.34. The van der Waals surface area contributed by atoms with Crippen molar-refractivity contribution in [3.05, 3.63) is 29.8 Å². The third-order valence-electron chi connectivity index (χ3n) is 3.17. The van der Waals surface area contributed by atoms with Crippen LogP contribution in [0.1, 0.15) is 24.2 Å².